The normalized spacial score (nSPS) is 14.2. The highest BCUT2D eigenvalue weighted by atomic mass is 28.4. The van der Waals surface area contributed by atoms with Gasteiger partial charge in [-0.25, -0.2) is 0 Å². The number of allylic oxidation sites excluding steroid dienone is 1. The molecule has 0 N–H and O–H groups in total. The highest BCUT2D eigenvalue weighted by molar-refractivity contribution is 6.99. The number of hydrogen-bond acceptors (Lipinski definition) is 3. The van der Waals surface area contributed by atoms with Gasteiger partial charge in [0, 0.05) is 19.8 Å². The quantitative estimate of drug-likeness (QED) is 0.636. The molecule has 17 heavy (non-hydrogen) atoms. The van der Waals surface area contributed by atoms with E-state index in [0.717, 1.165) is 0 Å². The van der Waals surface area contributed by atoms with Crippen LogP contribution in [-0.2, 0) is 13.3 Å². The summed E-state index contributed by atoms with van der Waals surface area (Å²) in [4.78, 5) is 1.30. The molecular formula is C12H28O3Si2. The van der Waals surface area contributed by atoms with Crippen molar-refractivity contribution in [3.05, 3.63) is 10.9 Å². The van der Waals surface area contributed by atoms with Crippen LogP contribution in [0, 0.1) is 0 Å². The number of hydrogen-bond donors (Lipinski definition) is 0. The lowest BCUT2D eigenvalue weighted by molar-refractivity contribution is 0.0825. The lowest BCUT2D eigenvalue weighted by atomic mass is 10.8. The van der Waals surface area contributed by atoms with E-state index in [0.29, 0.717) is 19.8 Å². The molecule has 102 valence electrons. The van der Waals surface area contributed by atoms with Gasteiger partial charge in [0.1, 0.15) is 0 Å². The summed E-state index contributed by atoms with van der Waals surface area (Å²) in [5.41, 5.74) is 0. The maximum Gasteiger partial charge on any atom is 0.528 e. The van der Waals surface area contributed by atoms with E-state index in [1.165, 1.54) is 4.82 Å². The molecule has 0 spiro atoms. The second-order valence-corrected chi connectivity index (χ2v) is 12.9. The summed E-state index contributed by atoms with van der Waals surface area (Å²) in [6.45, 7) is 16.9. The van der Waals surface area contributed by atoms with Gasteiger partial charge < -0.3 is 13.3 Å². The van der Waals surface area contributed by atoms with Gasteiger partial charge in [0.05, 0.1) is 8.07 Å². The number of rotatable bonds is 8. The summed E-state index contributed by atoms with van der Waals surface area (Å²) in [6, 6.07) is 0. The first-order chi connectivity index (χ1) is 7.87. The predicted molar refractivity (Wildman–Crippen MR) is 77.7 cm³/mol. The summed E-state index contributed by atoms with van der Waals surface area (Å²) in [6.07, 6.45) is 2.15. The lowest BCUT2D eigenvalue weighted by Gasteiger charge is -2.35. The Kier molecular flexibility index (Phi) is 7.50. The van der Waals surface area contributed by atoms with E-state index in [9.17, 15) is 0 Å². The average Bonchev–Trinajstić information content (AvgIpc) is 2.17. The zero-order chi connectivity index (χ0) is 13.5. The van der Waals surface area contributed by atoms with Crippen LogP contribution in [0.3, 0.4) is 0 Å². The molecule has 3 nitrogen and oxygen atoms in total. The largest absolute Gasteiger partial charge is 0.528 e. The van der Waals surface area contributed by atoms with Crippen molar-refractivity contribution in [1.29, 1.82) is 0 Å². The average molecular weight is 277 g/mol. The zero-order valence-corrected chi connectivity index (χ0v) is 14.4. The first-order valence-electron chi connectivity index (χ1n) is 6.47. The molecule has 0 atom stereocenters. The minimum absolute atomic E-state index is 0.633. The van der Waals surface area contributed by atoms with Crippen LogP contribution in [0.1, 0.15) is 27.7 Å². The van der Waals surface area contributed by atoms with Crippen molar-refractivity contribution >= 4 is 16.9 Å². The van der Waals surface area contributed by atoms with Crippen molar-refractivity contribution in [3.8, 4) is 0 Å². The fourth-order valence-electron chi connectivity index (χ4n) is 2.00. The van der Waals surface area contributed by atoms with Crippen molar-refractivity contribution < 1.29 is 13.3 Å². The monoisotopic (exact) mass is 276 g/mol. The van der Waals surface area contributed by atoms with Crippen molar-refractivity contribution in [3.63, 3.8) is 0 Å². The van der Waals surface area contributed by atoms with Crippen LogP contribution in [0.4, 0.5) is 0 Å². The Morgan fingerprint density at radius 1 is 0.882 bits per heavy atom. The molecule has 0 amide bonds. The van der Waals surface area contributed by atoms with Crippen LogP contribution in [0.25, 0.3) is 0 Å². The molecule has 0 aliphatic rings. The summed E-state index contributed by atoms with van der Waals surface area (Å²) >= 11 is 0. The SMILES string of the molecule is CC=C([Si](C)(C)C)[Si](OCC)(OCC)OCC. The Balaban J connectivity index is 5.37. The molecule has 0 radical (unpaired) electrons. The van der Waals surface area contributed by atoms with Gasteiger partial charge in [0.2, 0.25) is 0 Å². The van der Waals surface area contributed by atoms with Gasteiger partial charge in [-0.05, 0) is 32.5 Å². The molecule has 0 aliphatic heterocycles. The molecule has 0 saturated carbocycles. The smallest absolute Gasteiger partial charge is 0.371 e. The summed E-state index contributed by atoms with van der Waals surface area (Å²) in [7, 11) is -4.12. The fraction of sp³-hybridized carbons (Fsp3) is 0.833. The third-order valence-electron chi connectivity index (χ3n) is 2.43. The fourth-order valence-corrected chi connectivity index (χ4v) is 9.40. The second-order valence-electron chi connectivity index (χ2n) is 4.81. The molecule has 0 aromatic carbocycles. The van der Waals surface area contributed by atoms with Gasteiger partial charge in [-0.2, -0.15) is 0 Å². The maximum atomic E-state index is 5.95. The molecule has 0 aromatic heterocycles. The molecule has 0 aromatic rings. The maximum absolute atomic E-state index is 5.95. The summed E-state index contributed by atoms with van der Waals surface area (Å²) < 4.78 is 17.9. The topological polar surface area (TPSA) is 27.7 Å². The first-order valence-corrected chi connectivity index (χ1v) is 11.7. The Hall–Kier alpha value is 0.0538. The van der Waals surface area contributed by atoms with E-state index in [1.54, 1.807) is 0 Å². The Labute approximate surface area is 109 Å². The van der Waals surface area contributed by atoms with Crippen molar-refractivity contribution in [2.45, 2.75) is 47.3 Å². The molecule has 0 bridgehead atoms. The van der Waals surface area contributed by atoms with E-state index in [2.05, 4.69) is 32.6 Å². The van der Waals surface area contributed by atoms with Crippen molar-refractivity contribution in [2.75, 3.05) is 19.8 Å². The van der Waals surface area contributed by atoms with Gasteiger partial charge in [-0.1, -0.05) is 25.7 Å². The molecule has 0 saturated heterocycles. The van der Waals surface area contributed by atoms with Crippen LogP contribution in [0.5, 0.6) is 0 Å². The molecule has 0 unspecified atom stereocenters. The third-order valence-corrected chi connectivity index (χ3v) is 10.5. The van der Waals surface area contributed by atoms with Crippen LogP contribution >= 0.6 is 0 Å². The van der Waals surface area contributed by atoms with Crippen LogP contribution in [0.2, 0.25) is 19.6 Å². The van der Waals surface area contributed by atoms with Gasteiger partial charge in [0.25, 0.3) is 0 Å². The Morgan fingerprint density at radius 2 is 1.24 bits per heavy atom. The molecule has 0 rings (SSSR count). The van der Waals surface area contributed by atoms with Crippen LogP contribution in [-0.4, -0.2) is 36.7 Å². The first kappa shape index (κ1) is 17.1. The lowest BCUT2D eigenvalue weighted by Crippen LogP contribution is -2.54. The van der Waals surface area contributed by atoms with Gasteiger partial charge in [-0.15, -0.1) is 0 Å². The second kappa shape index (κ2) is 7.48. The molecule has 0 heterocycles. The zero-order valence-electron chi connectivity index (χ0n) is 12.4. The van der Waals surface area contributed by atoms with E-state index in [-0.39, 0.29) is 0 Å². The Bertz CT molecular complexity index is 230. The van der Waals surface area contributed by atoms with E-state index in [1.807, 2.05) is 20.8 Å². The molecular weight excluding hydrogens is 248 g/mol. The van der Waals surface area contributed by atoms with Gasteiger partial charge >= 0.3 is 8.80 Å². The minimum Gasteiger partial charge on any atom is -0.371 e. The standard InChI is InChI=1S/C12H28O3Si2/c1-8-12(16(5,6)7)17(13-9-2,14-10-3)15-11-4/h8H,9-11H2,1-7H3. The van der Waals surface area contributed by atoms with Gasteiger partial charge in [0.15, 0.2) is 0 Å². The third kappa shape index (κ3) is 4.67. The molecule has 0 aliphatic carbocycles. The molecule has 5 heteroatoms. The molecule has 0 fully saturated rings. The highest BCUT2D eigenvalue weighted by Crippen LogP contribution is 2.28. The van der Waals surface area contributed by atoms with Crippen LogP contribution < -0.4 is 0 Å². The van der Waals surface area contributed by atoms with E-state index >= 15 is 0 Å². The minimum atomic E-state index is -2.64. The van der Waals surface area contributed by atoms with Crippen LogP contribution in [0.15, 0.2) is 10.9 Å². The van der Waals surface area contributed by atoms with E-state index in [4.69, 9.17) is 13.3 Å². The van der Waals surface area contributed by atoms with Crippen molar-refractivity contribution in [2.24, 2.45) is 0 Å². The highest BCUT2D eigenvalue weighted by Gasteiger charge is 2.49. The predicted octanol–water partition coefficient (Wildman–Crippen LogP) is 3.40. The summed E-state index contributed by atoms with van der Waals surface area (Å²) in [5, 5.41) is 0. The Morgan fingerprint density at radius 3 is 1.41 bits per heavy atom. The summed E-state index contributed by atoms with van der Waals surface area (Å²) in [5.74, 6) is 0. The van der Waals surface area contributed by atoms with E-state index < -0.39 is 16.9 Å². The van der Waals surface area contributed by atoms with Crippen molar-refractivity contribution in [1.82, 2.24) is 0 Å². The van der Waals surface area contributed by atoms with Gasteiger partial charge in [-0.3, -0.25) is 0 Å².